The van der Waals surface area contributed by atoms with E-state index >= 15 is 0 Å². The van der Waals surface area contributed by atoms with Gasteiger partial charge in [-0.2, -0.15) is 0 Å². The largest absolute Gasteiger partial charge is 0.420 e. The number of hydrogen-bond donors (Lipinski definition) is 2. The van der Waals surface area contributed by atoms with Gasteiger partial charge in [-0.15, -0.1) is 0 Å². The lowest BCUT2D eigenvalue weighted by atomic mass is 9.95. The molecule has 0 saturated carbocycles. The second-order valence-electron chi connectivity index (χ2n) is 16.5. The highest BCUT2D eigenvalue weighted by atomic mass is 19.1. The van der Waals surface area contributed by atoms with Crippen LogP contribution in [0.3, 0.4) is 0 Å². The van der Waals surface area contributed by atoms with Crippen LogP contribution in [0.4, 0.5) is 16.0 Å². The van der Waals surface area contributed by atoms with Gasteiger partial charge in [0.15, 0.2) is 11.4 Å². The fourth-order valence-corrected chi connectivity index (χ4v) is 9.14. The maximum Gasteiger partial charge on any atom is 0.420 e. The predicted molar refractivity (Wildman–Crippen MR) is 226 cm³/mol. The summed E-state index contributed by atoms with van der Waals surface area (Å²) in [5.41, 5.74) is 3.07. The number of carbonyl (C=O) groups is 3. The molecule has 3 amide bonds. The lowest BCUT2D eigenvalue weighted by molar-refractivity contribution is -0.136. The molecule has 9 rings (SSSR count). The van der Waals surface area contributed by atoms with Gasteiger partial charge in [0.25, 0.3) is 5.56 Å². The zero-order valence-corrected chi connectivity index (χ0v) is 33.9. The number of pyridine rings is 1. The first-order valence-corrected chi connectivity index (χ1v) is 21.2. The standard InChI is InChI=1S/C44H49FN10O6/c45-34-26-46-43(49-41(34)30-4-3-5-33(24-30)54-15-2-1-6-39(54)57)47-31-13-18-53(19-14-31)40(58)28-51-22-20-50(21-23-51)27-29-11-16-52(17-12-29)32-7-8-35-37(25-32)61-44(60)55(35)36-9-10-38(56)48-42(36)59/h1-8,15,24-26,29,31,36H,9-14,16-23,27-28H2,(H,46,47,49)(H,48,56,59). The van der Waals surface area contributed by atoms with Gasteiger partial charge in [0.05, 0.1) is 18.3 Å². The maximum atomic E-state index is 15.0. The summed E-state index contributed by atoms with van der Waals surface area (Å²) in [5.74, 6) is -0.937. The van der Waals surface area contributed by atoms with Crippen LogP contribution in [0.5, 0.6) is 0 Å². The smallest absolute Gasteiger partial charge is 0.408 e. The molecule has 2 N–H and O–H groups in total. The quantitative estimate of drug-likeness (QED) is 0.197. The summed E-state index contributed by atoms with van der Waals surface area (Å²) in [6, 6.07) is 16.9. The normalized spacial score (nSPS) is 20.0. The van der Waals surface area contributed by atoms with Crippen LogP contribution >= 0.6 is 0 Å². The summed E-state index contributed by atoms with van der Waals surface area (Å²) >= 11 is 0. The van der Waals surface area contributed by atoms with Gasteiger partial charge in [0.1, 0.15) is 11.7 Å². The Morgan fingerprint density at radius 3 is 2.39 bits per heavy atom. The first-order valence-electron chi connectivity index (χ1n) is 21.2. The van der Waals surface area contributed by atoms with E-state index in [1.165, 1.54) is 15.2 Å². The van der Waals surface area contributed by atoms with Gasteiger partial charge >= 0.3 is 5.76 Å². The molecule has 7 heterocycles. The molecule has 16 nitrogen and oxygen atoms in total. The number of anilines is 2. The van der Waals surface area contributed by atoms with Crippen molar-refractivity contribution in [1.82, 2.24) is 39.1 Å². The molecule has 1 atom stereocenters. The number of piperidine rings is 3. The second-order valence-corrected chi connectivity index (χ2v) is 16.5. The first kappa shape index (κ1) is 40.2. The highest BCUT2D eigenvalue weighted by Crippen LogP contribution is 2.30. The lowest BCUT2D eigenvalue weighted by Crippen LogP contribution is -2.52. The number of benzene rings is 2. The molecule has 2 aromatic carbocycles. The number of hydrogen-bond acceptors (Lipinski definition) is 12. The number of oxazole rings is 1. The number of nitrogens with one attached hydrogen (secondary N) is 2. The van der Waals surface area contributed by atoms with Gasteiger partial charge in [-0.25, -0.2) is 19.2 Å². The van der Waals surface area contributed by atoms with Crippen molar-refractivity contribution in [3.63, 3.8) is 0 Å². The number of piperazine rings is 1. The third kappa shape index (κ3) is 8.84. The zero-order valence-electron chi connectivity index (χ0n) is 33.9. The van der Waals surface area contributed by atoms with Gasteiger partial charge < -0.3 is 24.4 Å². The average Bonchev–Trinajstić information content (AvgIpc) is 3.60. The zero-order chi connectivity index (χ0) is 42.0. The third-order valence-corrected chi connectivity index (χ3v) is 12.6. The average molecular weight is 833 g/mol. The third-order valence-electron chi connectivity index (χ3n) is 12.6. The van der Waals surface area contributed by atoms with Crippen LogP contribution in [0.1, 0.15) is 44.6 Å². The van der Waals surface area contributed by atoms with E-state index in [4.69, 9.17) is 4.42 Å². The molecule has 61 heavy (non-hydrogen) atoms. The van der Waals surface area contributed by atoms with Crippen LogP contribution < -0.4 is 26.8 Å². The molecule has 17 heteroatoms. The van der Waals surface area contributed by atoms with Crippen molar-refractivity contribution >= 4 is 40.5 Å². The topological polar surface area (TPSA) is 171 Å². The lowest BCUT2D eigenvalue weighted by Gasteiger charge is -2.40. The number of imide groups is 1. The minimum atomic E-state index is -0.765. The molecule has 4 aliphatic heterocycles. The van der Waals surface area contributed by atoms with E-state index in [2.05, 4.69) is 35.3 Å². The Kier molecular flexibility index (Phi) is 11.5. The monoisotopic (exact) mass is 832 g/mol. The second kappa shape index (κ2) is 17.4. The number of rotatable bonds is 10. The molecule has 4 saturated heterocycles. The Hall–Kier alpha value is -6.20. The minimum absolute atomic E-state index is 0.0397. The predicted octanol–water partition coefficient (Wildman–Crippen LogP) is 3.26. The molecule has 0 radical (unpaired) electrons. The van der Waals surface area contributed by atoms with E-state index < -0.39 is 23.5 Å². The molecule has 4 fully saturated rings. The molecule has 1 unspecified atom stereocenters. The molecule has 0 spiro atoms. The summed E-state index contributed by atoms with van der Waals surface area (Å²) in [6.07, 6.45) is 6.81. The van der Waals surface area contributed by atoms with Crippen molar-refractivity contribution in [2.24, 2.45) is 5.92 Å². The van der Waals surface area contributed by atoms with Crippen molar-refractivity contribution in [1.29, 1.82) is 0 Å². The molecular formula is C44H49FN10O6. The summed E-state index contributed by atoms with van der Waals surface area (Å²) < 4.78 is 23.4. The number of aromatic nitrogens is 4. The van der Waals surface area contributed by atoms with Crippen molar-refractivity contribution < 1.29 is 23.2 Å². The van der Waals surface area contributed by atoms with Crippen molar-refractivity contribution in [3.8, 4) is 16.9 Å². The van der Waals surface area contributed by atoms with Crippen LogP contribution in [0.25, 0.3) is 28.0 Å². The Bertz CT molecular complexity index is 2550. The van der Waals surface area contributed by atoms with Crippen LogP contribution in [0.2, 0.25) is 0 Å². The Labute approximate surface area is 350 Å². The fourth-order valence-electron chi connectivity index (χ4n) is 9.14. The molecule has 3 aromatic heterocycles. The molecule has 0 bridgehead atoms. The van der Waals surface area contributed by atoms with Crippen molar-refractivity contribution in [3.05, 3.63) is 99.8 Å². The summed E-state index contributed by atoms with van der Waals surface area (Å²) in [4.78, 5) is 80.3. The fraction of sp³-hybridized carbons (Fsp3) is 0.432. The molecular weight excluding hydrogens is 784 g/mol. The maximum absolute atomic E-state index is 15.0. The molecule has 318 valence electrons. The molecule has 0 aliphatic carbocycles. The summed E-state index contributed by atoms with van der Waals surface area (Å²) in [7, 11) is 0. The van der Waals surface area contributed by atoms with Crippen molar-refractivity contribution in [2.75, 3.05) is 75.7 Å². The van der Waals surface area contributed by atoms with Gasteiger partial charge in [0.2, 0.25) is 23.7 Å². The van der Waals surface area contributed by atoms with Crippen LogP contribution in [-0.2, 0) is 14.4 Å². The van der Waals surface area contributed by atoms with E-state index in [0.717, 1.165) is 83.4 Å². The van der Waals surface area contributed by atoms with Crippen LogP contribution in [-0.4, -0.2) is 123 Å². The number of halogens is 1. The van der Waals surface area contributed by atoms with Gasteiger partial charge in [-0.05, 0) is 68.4 Å². The van der Waals surface area contributed by atoms with E-state index in [-0.39, 0.29) is 42.0 Å². The molecule has 5 aromatic rings. The highest BCUT2D eigenvalue weighted by Gasteiger charge is 2.32. The van der Waals surface area contributed by atoms with Gasteiger partial charge in [-0.3, -0.25) is 38.5 Å². The first-order chi connectivity index (χ1) is 29.6. The van der Waals surface area contributed by atoms with E-state index in [1.54, 1.807) is 42.6 Å². The number of fused-ring (bicyclic) bond motifs is 1. The number of likely N-dealkylation sites (tertiary alicyclic amines) is 1. The summed E-state index contributed by atoms with van der Waals surface area (Å²) in [6.45, 7) is 8.00. The van der Waals surface area contributed by atoms with E-state index in [1.807, 2.05) is 23.1 Å². The highest BCUT2D eigenvalue weighted by molar-refractivity contribution is 6.00. The Balaban J connectivity index is 0.702. The summed E-state index contributed by atoms with van der Waals surface area (Å²) in [5, 5.41) is 5.67. The number of carbonyl (C=O) groups excluding carboxylic acids is 3. The van der Waals surface area contributed by atoms with E-state index in [0.29, 0.717) is 53.9 Å². The Morgan fingerprint density at radius 1 is 0.836 bits per heavy atom. The number of amides is 3. The number of nitrogens with zero attached hydrogens (tertiary/aromatic N) is 8. The minimum Gasteiger partial charge on any atom is -0.408 e. The van der Waals surface area contributed by atoms with E-state index in [9.17, 15) is 28.4 Å². The molecule has 4 aliphatic rings. The van der Waals surface area contributed by atoms with Gasteiger partial charge in [0, 0.05) is 107 Å². The Morgan fingerprint density at radius 2 is 1.62 bits per heavy atom. The van der Waals surface area contributed by atoms with Crippen molar-refractivity contribution in [2.45, 2.75) is 50.6 Å². The van der Waals surface area contributed by atoms with Gasteiger partial charge in [-0.1, -0.05) is 18.2 Å². The SMILES string of the molecule is O=C1CCC(n2c(=O)oc3cc(N4CCC(CN5CCN(CC(=O)N6CCC(Nc7ncc(F)c(-c8cccc(-n9ccccc9=O)c8)n7)CC6)CC5)CC4)ccc32)C(=O)N1. The van der Waals surface area contributed by atoms with Crippen LogP contribution in [0, 0.1) is 11.7 Å². The van der Waals surface area contributed by atoms with Crippen LogP contribution in [0.15, 0.2) is 87.1 Å².